The van der Waals surface area contributed by atoms with Crippen molar-refractivity contribution in [2.24, 2.45) is 5.92 Å². The second-order valence-corrected chi connectivity index (χ2v) is 7.24. The lowest BCUT2D eigenvalue weighted by Crippen LogP contribution is -2.24. The molecule has 2 aromatic carbocycles. The lowest BCUT2D eigenvalue weighted by Gasteiger charge is -2.18. The van der Waals surface area contributed by atoms with Gasteiger partial charge < -0.3 is 4.74 Å². The van der Waals surface area contributed by atoms with Crippen LogP contribution in [0.4, 0.5) is 0 Å². The van der Waals surface area contributed by atoms with Crippen LogP contribution in [-0.4, -0.2) is 31.1 Å². The van der Waals surface area contributed by atoms with Crippen molar-refractivity contribution in [1.29, 1.82) is 0 Å². The fraction of sp³-hybridized carbons (Fsp3) is 0.409. The maximum Gasteiger partial charge on any atom is 0.310 e. The molecule has 0 amide bonds. The second kappa shape index (κ2) is 7.83. The summed E-state index contributed by atoms with van der Waals surface area (Å²) in [5, 5.41) is 0. The Balaban J connectivity index is 1.79. The van der Waals surface area contributed by atoms with E-state index in [-0.39, 0.29) is 17.8 Å². The quantitative estimate of drug-likeness (QED) is 0.766. The van der Waals surface area contributed by atoms with Crippen LogP contribution in [0.5, 0.6) is 0 Å². The smallest absolute Gasteiger partial charge is 0.310 e. The molecule has 2 atom stereocenters. The highest BCUT2D eigenvalue weighted by Gasteiger charge is 2.39. The largest absolute Gasteiger partial charge is 0.469 e. The Morgan fingerprint density at radius 1 is 1.08 bits per heavy atom. The minimum Gasteiger partial charge on any atom is -0.469 e. The predicted octanol–water partition coefficient (Wildman–Crippen LogP) is 4.20. The molecule has 1 aliphatic heterocycles. The van der Waals surface area contributed by atoms with Crippen LogP contribution in [-0.2, 0) is 16.1 Å². The van der Waals surface area contributed by atoms with Crippen molar-refractivity contribution in [2.75, 3.05) is 20.2 Å². The summed E-state index contributed by atoms with van der Waals surface area (Å²) < 4.78 is 5.08. The van der Waals surface area contributed by atoms with Crippen LogP contribution >= 0.6 is 0 Å². The molecule has 0 aromatic heterocycles. The van der Waals surface area contributed by atoms with Gasteiger partial charge in [0.05, 0.1) is 13.0 Å². The van der Waals surface area contributed by atoms with Crippen molar-refractivity contribution in [3.63, 3.8) is 0 Å². The number of benzene rings is 2. The van der Waals surface area contributed by atoms with Gasteiger partial charge in [-0.25, -0.2) is 0 Å². The molecule has 0 N–H and O–H groups in total. The molecule has 132 valence electrons. The molecule has 0 bridgehead atoms. The van der Waals surface area contributed by atoms with Crippen LogP contribution in [0.25, 0.3) is 0 Å². The van der Waals surface area contributed by atoms with Gasteiger partial charge in [-0.15, -0.1) is 0 Å². The van der Waals surface area contributed by atoms with Crippen LogP contribution in [0.3, 0.4) is 0 Å². The summed E-state index contributed by atoms with van der Waals surface area (Å²) in [6.45, 7) is 6.90. The first-order valence-corrected chi connectivity index (χ1v) is 9.02. The van der Waals surface area contributed by atoms with Crippen LogP contribution in [0.15, 0.2) is 54.6 Å². The minimum absolute atomic E-state index is 0.0985. The van der Waals surface area contributed by atoms with Crippen molar-refractivity contribution >= 4 is 5.97 Å². The topological polar surface area (TPSA) is 29.5 Å². The number of carbonyl (C=O) groups is 1. The zero-order chi connectivity index (χ0) is 17.8. The zero-order valence-corrected chi connectivity index (χ0v) is 15.3. The van der Waals surface area contributed by atoms with Gasteiger partial charge in [-0.2, -0.15) is 0 Å². The molecule has 3 heteroatoms. The molecular weight excluding hydrogens is 310 g/mol. The van der Waals surface area contributed by atoms with Crippen molar-refractivity contribution in [1.82, 2.24) is 4.90 Å². The molecular formula is C22H27NO2. The first kappa shape index (κ1) is 17.7. The van der Waals surface area contributed by atoms with Gasteiger partial charge >= 0.3 is 5.97 Å². The number of rotatable bonds is 5. The molecule has 1 fully saturated rings. The van der Waals surface area contributed by atoms with E-state index in [1.165, 1.54) is 23.8 Å². The van der Waals surface area contributed by atoms with Crippen LogP contribution in [0.1, 0.15) is 42.4 Å². The fourth-order valence-corrected chi connectivity index (χ4v) is 3.71. The van der Waals surface area contributed by atoms with Gasteiger partial charge in [-0.1, -0.05) is 68.4 Å². The van der Waals surface area contributed by atoms with Crippen LogP contribution < -0.4 is 0 Å². The number of nitrogens with zero attached hydrogens (tertiary/aromatic N) is 1. The molecule has 0 radical (unpaired) electrons. The van der Waals surface area contributed by atoms with Gasteiger partial charge in [0.1, 0.15) is 0 Å². The normalized spacial score (nSPS) is 20.8. The van der Waals surface area contributed by atoms with E-state index in [0.717, 1.165) is 19.6 Å². The van der Waals surface area contributed by atoms with E-state index < -0.39 is 0 Å². The average molecular weight is 337 g/mol. The Bertz CT molecular complexity index is 694. The van der Waals surface area contributed by atoms with E-state index in [9.17, 15) is 4.79 Å². The van der Waals surface area contributed by atoms with Gasteiger partial charge in [0.2, 0.25) is 0 Å². The van der Waals surface area contributed by atoms with Gasteiger partial charge in [0.15, 0.2) is 0 Å². The van der Waals surface area contributed by atoms with Gasteiger partial charge in [0.25, 0.3) is 0 Å². The Morgan fingerprint density at radius 3 is 2.36 bits per heavy atom. The molecule has 1 saturated heterocycles. The first-order chi connectivity index (χ1) is 12.1. The maximum atomic E-state index is 12.3. The Hall–Kier alpha value is -2.13. The summed E-state index contributed by atoms with van der Waals surface area (Å²) in [4.78, 5) is 14.7. The summed E-state index contributed by atoms with van der Waals surface area (Å²) in [5.74, 6) is 0.507. The second-order valence-electron chi connectivity index (χ2n) is 7.24. The monoisotopic (exact) mass is 337 g/mol. The molecule has 1 aliphatic rings. The molecule has 3 nitrogen and oxygen atoms in total. The van der Waals surface area contributed by atoms with Crippen molar-refractivity contribution in [3.05, 3.63) is 71.3 Å². The Labute approximate surface area is 150 Å². The lowest BCUT2D eigenvalue weighted by molar-refractivity contribution is -0.145. The first-order valence-electron chi connectivity index (χ1n) is 9.02. The number of hydrogen-bond acceptors (Lipinski definition) is 3. The number of carbonyl (C=O) groups excluding carboxylic acids is 1. The molecule has 25 heavy (non-hydrogen) atoms. The Kier molecular flexibility index (Phi) is 5.54. The standard InChI is InChI=1S/C22H27NO2/c1-16(2)18-9-11-19(12-10-18)20-14-23(15-21(20)22(24)25-3)13-17-7-5-4-6-8-17/h4-12,16,20-21H,13-15H2,1-3H3/t20?,21-/m0/s1. The van der Waals surface area contributed by atoms with E-state index in [4.69, 9.17) is 4.74 Å². The average Bonchev–Trinajstić information content (AvgIpc) is 3.05. The third kappa shape index (κ3) is 4.10. The molecule has 1 unspecified atom stereocenters. The van der Waals surface area contributed by atoms with Gasteiger partial charge in [-0.3, -0.25) is 9.69 Å². The number of ether oxygens (including phenoxy) is 1. The van der Waals surface area contributed by atoms with Crippen LogP contribution in [0.2, 0.25) is 0 Å². The predicted molar refractivity (Wildman–Crippen MR) is 100 cm³/mol. The molecule has 0 spiro atoms. The van der Waals surface area contributed by atoms with E-state index in [1.807, 2.05) is 6.07 Å². The van der Waals surface area contributed by atoms with Gasteiger partial charge in [0, 0.05) is 25.6 Å². The van der Waals surface area contributed by atoms with E-state index in [0.29, 0.717) is 5.92 Å². The summed E-state index contributed by atoms with van der Waals surface area (Å²) in [7, 11) is 1.49. The van der Waals surface area contributed by atoms with Crippen molar-refractivity contribution < 1.29 is 9.53 Å². The molecule has 0 saturated carbocycles. The molecule has 1 heterocycles. The summed E-state index contributed by atoms with van der Waals surface area (Å²) in [6, 6.07) is 19.2. The number of methoxy groups -OCH3 is 1. The molecule has 0 aliphatic carbocycles. The maximum absolute atomic E-state index is 12.3. The molecule has 2 aromatic rings. The lowest BCUT2D eigenvalue weighted by atomic mass is 9.88. The highest BCUT2D eigenvalue weighted by molar-refractivity contribution is 5.74. The summed E-state index contributed by atoms with van der Waals surface area (Å²) in [6.07, 6.45) is 0. The summed E-state index contributed by atoms with van der Waals surface area (Å²) in [5.41, 5.74) is 3.84. The van der Waals surface area contributed by atoms with E-state index in [2.05, 4.69) is 67.3 Å². The van der Waals surface area contributed by atoms with Crippen molar-refractivity contribution in [2.45, 2.75) is 32.2 Å². The number of likely N-dealkylation sites (tertiary alicyclic amines) is 1. The fourth-order valence-electron chi connectivity index (χ4n) is 3.71. The third-order valence-corrected chi connectivity index (χ3v) is 5.18. The van der Waals surface area contributed by atoms with Crippen LogP contribution in [0, 0.1) is 5.92 Å². The number of esters is 1. The highest BCUT2D eigenvalue weighted by atomic mass is 16.5. The minimum atomic E-state index is -0.103. The summed E-state index contributed by atoms with van der Waals surface area (Å²) >= 11 is 0. The molecule has 3 rings (SSSR count). The van der Waals surface area contributed by atoms with Gasteiger partial charge in [-0.05, 0) is 22.6 Å². The highest BCUT2D eigenvalue weighted by Crippen LogP contribution is 2.35. The zero-order valence-electron chi connectivity index (χ0n) is 15.3. The van der Waals surface area contributed by atoms with E-state index in [1.54, 1.807) is 0 Å². The SMILES string of the molecule is COC(=O)[C@H]1CN(Cc2ccccc2)CC1c1ccc(C(C)C)cc1. The third-order valence-electron chi connectivity index (χ3n) is 5.18. The Morgan fingerprint density at radius 2 is 1.76 bits per heavy atom. The number of hydrogen-bond donors (Lipinski definition) is 0. The van der Waals surface area contributed by atoms with Crippen molar-refractivity contribution in [3.8, 4) is 0 Å². The van der Waals surface area contributed by atoms with E-state index >= 15 is 0 Å².